The number of halogens is 2. The number of hydrogen-bond donors (Lipinski definition) is 1. The third-order valence-electron chi connectivity index (χ3n) is 3.13. The standard InChI is InChI=1S/C16H14ClFN4OS/c17-12-4-1-3-11(9-12)15-20-21-16(22(15)19)24-8-7-23-14-6-2-5-13(18)10-14/h1-6,9-10H,7-8,19H2. The Kier molecular flexibility index (Phi) is 5.22. The Labute approximate surface area is 147 Å². The van der Waals surface area contributed by atoms with Crippen LogP contribution in [0.25, 0.3) is 11.4 Å². The first-order valence-electron chi connectivity index (χ1n) is 7.11. The fourth-order valence-corrected chi connectivity index (χ4v) is 2.91. The van der Waals surface area contributed by atoms with Gasteiger partial charge in [-0.05, 0) is 24.3 Å². The number of nitrogens with two attached hydrogens (primary N) is 1. The number of ether oxygens (including phenoxy) is 1. The first-order valence-corrected chi connectivity index (χ1v) is 8.47. The largest absolute Gasteiger partial charge is 0.493 e. The number of aromatic nitrogens is 3. The minimum atomic E-state index is -0.326. The molecule has 0 aliphatic carbocycles. The molecule has 3 rings (SSSR count). The van der Waals surface area contributed by atoms with Crippen molar-refractivity contribution in [1.82, 2.24) is 14.9 Å². The summed E-state index contributed by atoms with van der Waals surface area (Å²) in [6.45, 7) is 0.396. The van der Waals surface area contributed by atoms with Gasteiger partial charge in [0, 0.05) is 22.4 Å². The molecule has 0 saturated carbocycles. The summed E-state index contributed by atoms with van der Waals surface area (Å²) >= 11 is 7.38. The lowest BCUT2D eigenvalue weighted by molar-refractivity contribution is 0.342. The Balaban J connectivity index is 1.58. The van der Waals surface area contributed by atoms with Crippen molar-refractivity contribution in [3.05, 3.63) is 59.4 Å². The van der Waals surface area contributed by atoms with Gasteiger partial charge in [0.05, 0.1) is 6.61 Å². The van der Waals surface area contributed by atoms with Crippen molar-refractivity contribution in [2.24, 2.45) is 0 Å². The molecule has 2 N–H and O–H groups in total. The second-order valence-electron chi connectivity index (χ2n) is 4.84. The number of nitrogens with zero attached hydrogens (tertiary/aromatic N) is 3. The van der Waals surface area contributed by atoms with Crippen LogP contribution in [0.3, 0.4) is 0 Å². The molecule has 24 heavy (non-hydrogen) atoms. The van der Waals surface area contributed by atoms with Crippen molar-refractivity contribution in [3.63, 3.8) is 0 Å². The van der Waals surface area contributed by atoms with E-state index in [0.29, 0.717) is 34.1 Å². The van der Waals surface area contributed by atoms with Crippen LogP contribution in [-0.2, 0) is 0 Å². The van der Waals surface area contributed by atoms with E-state index in [-0.39, 0.29) is 5.82 Å². The van der Waals surface area contributed by atoms with E-state index >= 15 is 0 Å². The molecule has 8 heteroatoms. The monoisotopic (exact) mass is 364 g/mol. The topological polar surface area (TPSA) is 66.0 Å². The van der Waals surface area contributed by atoms with Crippen LogP contribution in [0.1, 0.15) is 0 Å². The normalized spacial score (nSPS) is 10.8. The maximum absolute atomic E-state index is 13.1. The first-order chi connectivity index (χ1) is 11.6. The summed E-state index contributed by atoms with van der Waals surface area (Å²) in [6, 6.07) is 13.3. The second kappa shape index (κ2) is 7.55. The van der Waals surface area contributed by atoms with Crippen molar-refractivity contribution in [2.45, 2.75) is 5.16 Å². The minimum Gasteiger partial charge on any atom is -0.493 e. The van der Waals surface area contributed by atoms with Crippen LogP contribution in [0, 0.1) is 5.82 Å². The molecule has 0 atom stereocenters. The summed E-state index contributed by atoms with van der Waals surface area (Å²) in [7, 11) is 0. The van der Waals surface area contributed by atoms with Gasteiger partial charge in [-0.25, -0.2) is 9.07 Å². The van der Waals surface area contributed by atoms with Gasteiger partial charge < -0.3 is 10.6 Å². The molecule has 0 aliphatic heterocycles. The molecule has 0 aliphatic rings. The molecule has 1 aromatic heterocycles. The first kappa shape index (κ1) is 16.6. The lowest BCUT2D eigenvalue weighted by atomic mass is 10.2. The van der Waals surface area contributed by atoms with Crippen molar-refractivity contribution < 1.29 is 9.13 Å². The molecule has 0 fully saturated rings. The summed E-state index contributed by atoms with van der Waals surface area (Å²) in [5.74, 6) is 7.33. The zero-order chi connectivity index (χ0) is 16.9. The Morgan fingerprint density at radius 3 is 2.79 bits per heavy atom. The van der Waals surface area contributed by atoms with Gasteiger partial charge in [-0.15, -0.1) is 10.2 Å². The van der Waals surface area contributed by atoms with Crippen molar-refractivity contribution >= 4 is 23.4 Å². The lowest BCUT2D eigenvalue weighted by Gasteiger charge is -2.06. The van der Waals surface area contributed by atoms with Crippen LogP contribution < -0.4 is 10.6 Å². The van der Waals surface area contributed by atoms with E-state index in [1.54, 1.807) is 24.3 Å². The highest BCUT2D eigenvalue weighted by Gasteiger charge is 2.12. The highest BCUT2D eigenvalue weighted by molar-refractivity contribution is 7.99. The highest BCUT2D eigenvalue weighted by Crippen LogP contribution is 2.23. The van der Waals surface area contributed by atoms with Gasteiger partial charge in [0.15, 0.2) is 5.82 Å². The third-order valence-corrected chi connectivity index (χ3v) is 4.27. The molecule has 0 amide bonds. The van der Waals surface area contributed by atoms with E-state index in [9.17, 15) is 4.39 Å². The Morgan fingerprint density at radius 2 is 2.00 bits per heavy atom. The smallest absolute Gasteiger partial charge is 0.210 e. The number of hydrogen-bond acceptors (Lipinski definition) is 5. The van der Waals surface area contributed by atoms with E-state index < -0.39 is 0 Å². The summed E-state index contributed by atoms with van der Waals surface area (Å²) < 4.78 is 19.9. The fraction of sp³-hybridized carbons (Fsp3) is 0.125. The van der Waals surface area contributed by atoms with Gasteiger partial charge in [0.2, 0.25) is 5.16 Å². The molecule has 3 aromatic rings. The molecule has 2 aromatic carbocycles. The predicted octanol–water partition coefficient (Wildman–Crippen LogP) is 3.62. The van der Waals surface area contributed by atoms with Crippen LogP contribution in [0.2, 0.25) is 5.02 Å². The van der Waals surface area contributed by atoms with Gasteiger partial charge in [-0.3, -0.25) is 0 Å². The summed E-state index contributed by atoms with van der Waals surface area (Å²) in [4.78, 5) is 0. The molecular weight excluding hydrogens is 351 g/mol. The van der Waals surface area contributed by atoms with Crippen LogP contribution in [0.4, 0.5) is 4.39 Å². The Bertz CT molecular complexity index is 842. The van der Waals surface area contributed by atoms with E-state index in [2.05, 4.69) is 10.2 Å². The molecule has 0 bridgehead atoms. The van der Waals surface area contributed by atoms with E-state index in [0.717, 1.165) is 5.56 Å². The predicted molar refractivity (Wildman–Crippen MR) is 93.2 cm³/mol. The second-order valence-corrected chi connectivity index (χ2v) is 6.34. The summed E-state index contributed by atoms with van der Waals surface area (Å²) in [5, 5.41) is 9.33. The van der Waals surface area contributed by atoms with Gasteiger partial charge in [-0.1, -0.05) is 41.6 Å². The van der Waals surface area contributed by atoms with E-state index in [1.165, 1.54) is 28.6 Å². The summed E-state index contributed by atoms with van der Waals surface area (Å²) in [5.41, 5.74) is 0.792. The molecule has 1 heterocycles. The zero-order valence-electron chi connectivity index (χ0n) is 12.5. The number of nitrogen functional groups attached to an aromatic ring is 1. The van der Waals surface area contributed by atoms with Gasteiger partial charge in [0.1, 0.15) is 11.6 Å². The van der Waals surface area contributed by atoms with Crippen molar-refractivity contribution in [1.29, 1.82) is 0 Å². The van der Waals surface area contributed by atoms with Crippen LogP contribution in [0.15, 0.2) is 53.7 Å². The molecular formula is C16H14ClFN4OS. The van der Waals surface area contributed by atoms with Gasteiger partial charge in [-0.2, -0.15) is 0 Å². The van der Waals surface area contributed by atoms with E-state index in [4.69, 9.17) is 22.2 Å². The average molecular weight is 365 g/mol. The van der Waals surface area contributed by atoms with Crippen molar-refractivity contribution in [3.8, 4) is 17.1 Å². The SMILES string of the molecule is Nn1c(SCCOc2cccc(F)c2)nnc1-c1cccc(Cl)c1. The molecule has 0 unspecified atom stereocenters. The molecule has 0 spiro atoms. The molecule has 5 nitrogen and oxygen atoms in total. The minimum absolute atomic E-state index is 0.326. The summed E-state index contributed by atoms with van der Waals surface area (Å²) in [6.07, 6.45) is 0. The van der Waals surface area contributed by atoms with Crippen molar-refractivity contribution in [2.75, 3.05) is 18.2 Å². The highest BCUT2D eigenvalue weighted by atomic mass is 35.5. The Morgan fingerprint density at radius 1 is 1.17 bits per heavy atom. The molecule has 0 radical (unpaired) electrons. The number of benzene rings is 2. The van der Waals surface area contributed by atoms with Gasteiger partial charge >= 0.3 is 0 Å². The maximum Gasteiger partial charge on any atom is 0.210 e. The lowest BCUT2D eigenvalue weighted by Crippen LogP contribution is -2.12. The quantitative estimate of drug-likeness (QED) is 0.411. The number of rotatable bonds is 6. The van der Waals surface area contributed by atoms with Crippen LogP contribution in [0.5, 0.6) is 5.75 Å². The number of thioether (sulfide) groups is 1. The fourth-order valence-electron chi connectivity index (χ4n) is 2.05. The van der Waals surface area contributed by atoms with Gasteiger partial charge in [0.25, 0.3) is 0 Å². The maximum atomic E-state index is 13.1. The average Bonchev–Trinajstić information content (AvgIpc) is 2.93. The molecule has 0 saturated heterocycles. The third kappa shape index (κ3) is 3.98. The van der Waals surface area contributed by atoms with E-state index in [1.807, 2.05) is 12.1 Å². The van der Waals surface area contributed by atoms with Crippen LogP contribution >= 0.6 is 23.4 Å². The molecule has 124 valence electrons. The zero-order valence-corrected chi connectivity index (χ0v) is 14.1. The Hall–Kier alpha value is -2.25. The van der Waals surface area contributed by atoms with Crippen LogP contribution in [-0.4, -0.2) is 27.2 Å².